The molecule has 9 atom stereocenters. The first kappa shape index (κ1) is 142. The van der Waals surface area contributed by atoms with Gasteiger partial charge in [-0.2, -0.15) is 0 Å². The summed E-state index contributed by atoms with van der Waals surface area (Å²) in [5.74, 6) is -14.3. The van der Waals surface area contributed by atoms with Crippen LogP contribution in [-0.2, 0) is 38.4 Å². The number of nitrogens with one attached hydrogen (secondary N) is 3. The second-order valence-corrected chi connectivity index (χ2v) is 23.8. The molecule has 0 radical (unpaired) electrons. The van der Waals surface area contributed by atoms with Crippen LogP contribution < -0.4 is 27.4 Å². The maximum atomic E-state index is 15.0. The monoisotopic (exact) mass is 1730 g/mol. The fraction of sp³-hybridized carbons (Fsp3) is 0.537. The van der Waals surface area contributed by atoms with Crippen molar-refractivity contribution in [3.8, 4) is 28.7 Å². The van der Waals surface area contributed by atoms with Gasteiger partial charge in [-0.25, -0.2) is 0 Å². The number of ketones is 3. The number of amides is 4. The summed E-state index contributed by atoms with van der Waals surface area (Å²) in [5.41, 5.74) is 13.8. The van der Waals surface area contributed by atoms with E-state index in [2.05, 4.69) is 16.0 Å². The van der Waals surface area contributed by atoms with E-state index < -0.39 is 127 Å². The molecule has 0 bridgehead atoms. The summed E-state index contributed by atoms with van der Waals surface area (Å²) >= 11 is 0. The minimum Gasteiger partial charge on any atom is -0.508 e. The molecule has 4 amide bonds. The van der Waals surface area contributed by atoms with Crippen LogP contribution in [0.3, 0.4) is 0 Å². The Balaban J connectivity index is -0.000000196. The number of carbonyl (C=O) groups is 8. The van der Waals surface area contributed by atoms with E-state index in [1.165, 1.54) is 156 Å². The zero-order chi connectivity index (χ0) is 92.9. The van der Waals surface area contributed by atoms with Gasteiger partial charge in [0.1, 0.15) is 46.9 Å². The first-order valence-electron chi connectivity index (χ1n) is 36.3. The van der Waals surface area contributed by atoms with Gasteiger partial charge in [0.2, 0.25) is 23.6 Å². The van der Waals surface area contributed by atoms with Crippen LogP contribution >= 0.6 is 0 Å². The lowest BCUT2D eigenvalue weighted by atomic mass is 9.84. The number of aryl methyl sites for hydroxylation is 3. The number of primary amides is 1. The van der Waals surface area contributed by atoms with Gasteiger partial charge in [0.25, 0.3) is 0 Å². The van der Waals surface area contributed by atoms with Crippen molar-refractivity contribution < 1.29 is 167 Å². The van der Waals surface area contributed by atoms with Crippen LogP contribution in [-0.4, -0.2) is 294 Å². The third kappa shape index (κ3) is 64.6. The van der Waals surface area contributed by atoms with E-state index in [0.717, 1.165) is 99.5 Å². The number of nitrogens with two attached hydrogens (primary N) is 2. The van der Waals surface area contributed by atoms with Gasteiger partial charge in [0, 0.05) is 131 Å². The number of benzene rings is 5. The van der Waals surface area contributed by atoms with Gasteiger partial charge < -0.3 is 157 Å². The molecule has 702 valence electrons. The maximum Gasteiger partial charge on any atom is 0.311 e. The lowest BCUT2D eigenvalue weighted by Crippen LogP contribution is -2.51. The lowest BCUT2D eigenvalue weighted by Gasteiger charge is -2.29. The summed E-state index contributed by atoms with van der Waals surface area (Å²) in [6.45, 7) is 10.1. The number of phenolic OH excluding ortho intramolecular Hbond substituents is 5. The topological polar surface area (TPSA) is 776 Å². The second kappa shape index (κ2) is 93.5. The van der Waals surface area contributed by atoms with Crippen molar-refractivity contribution in [2.75, 3.05) is 99.5 Å². The number of aliphatic carboxylic acids is 1. The molecule has 3 saturated carbocycles. The molecule has 0 aliphatic heterocycles. The van der Waals surface area contributed by atoms with Gasteiger partial charge in [-0.05, 0) is 132 Å². The molecule has 36 N–H and O–H groups in total. The predicted octanol–water partition coefficient (Wildman–Crippen LogP) is -0.0700. The number of hydrogen-bond donors (Lipinski definition) is 26. The number of carboxylic acid groups (broad SMARTS) is 1. The van der Waals surface area contributed by atoms with Crippen LogP contribution in [0.25, 0.3) is 0 Å². The molecule has 3 aliphatic rings. The highest BCUT2D eigenvalue weighted by molar-refractivity contribution is 6.00. The summed E-state index contributed by atoms with van der Waals surface area (Å²) in [4.78, 5) is 112. The normalized spacial score (nSPS) is 12.2. The van der Waals surface area contributed by atoms with Crippen LogP contribution in [0, 0.1) is 32.6 Å². The van der Waals surface area contributed by atoms with Gasteiger partial charge in [-0.3, -0.25) is 38.4 Å². The van der Waals surface area contributed by atoms with Crippen molar-refractivity contribution in [1.29, 1.82) is 0 Å². The average Bonchev–Trinajstić information content (AvgIpc) is 0.830. The van der Waals surface area contributed by atoms with Crippen molar-refractivity contribution in [1.82, 2.24) is 16.0 Å². The molecule has 9 unspecified atom stereocenters. The Morgan fingerprint density at radius 2 is 0.708 bits per heavy atom. The Morgan fingerprint density at radius 3 is 1.06 bits per heavy atom. The fourth-order valence-corrected chi connectivity index (χ4v) is 9.36. The second-order valence-electron chi connectivity index (χ2n) is 23.8. The van der Waals surface area contributed by atoms with Gasteiger partial charge in [0.05, 0.1) is 29.8 Å². The highest BCUT2D eigenvalue weighted by atomic mass is 16.4. The number of aliphatic hydroxyl groups is 15. The Morgan fingerprint density at radius 1 is 0.367 bits per heavy atom. The first-order valence-corrected chi connectivity index (χ1v) is 36.3. The van der Waals surface area contributed by atoms with Crippen LogP contribution in [0.4, 0.5) is 0 Å². The number of rotatable bonds is 27. The summed E-state index contributed by atoms with van der Waals surface area (Å²) in [6, 6.07) is 16.6. The van der Waals surface area contributed by atoms with E-state index in [-0.39, 0.29) is 90.8 Å². The van der Waals surface area contributed by atoms with Crippen molar-refractivity contribution >= 4 is 46.9 Å². The van der Waals surface area contributed by atoms with E-state index in [4.69, 9.17) is 83.0 Å². The molecule has 0 saturated heterocycles. The molecule has 0 spiro atoms. The lowest BCUT2D eigenvalue weighted by molar-refractivity contribution is -0.141. The molecule has 0 heterocycles. The van der Waals surface area contributed by atoms with Crippen LogP contribution in [0.15, 0.2) is 103 Å². The highest BCUT2D eigenvalue weighted by Crippen LogP contribution is 2.34. The zero-order valence-corrected chi connectivity index (χ0v) is 73.3. The maximum absolute atomic E-state index is 15.0. The Hall–Kier alpha value is -9.34. The SMILES string of the molecule is C1CC1.C1CC1.C1CC1.CO.CO.CO.CO.CO.CO.CO.CO.CO.CO.CO.CO.CO.CO.Cc1cc(O)cc(C(CC(=O)C(NC(=O)C(CC(=O)C(NC(=O)C(CC(N)=O)CC(=O)C(NC(=O)C(N)CC(C)C)C(C)c2ccc(O)c(C)c2)c2ccc(O)cc2)c2ccc(O)cc2)C(O)c2ccc(O)c(C)c2)C(=O)O)c1.O.O.O.O. The Kier molecular flexibility index (Phi) is 111. The molecule has 120 heavy (non-hydrogen) atoms. The predicted molar refractivity (Wildman–Crippen MR) is 460 cm³/mol. The smallest absolute Gasteiger partial charge is 0.311 e. The minimum atomic E-state index is -1.92. The Bertz CT molecular complexity index is 3220. The molecule has 3 aliphatic carbocycles. The first-order chi connectivity index (χ1) is 55.6. The highest BCUT2D eigenvalue weighted by Gasteiger charge is 2.39. The van der Waals surface area contributed by atoms with E-state index >= 15 is 0 Å². The number of aromatic hydroxyl groups is 5. The van der Waals surface area contributed by atoms with Crippen molar-refractivity contribution in [2.45, 2.75) is 179 Å². The van der Waals surface area contributed by atoms with Crippen LogP contribution in [0.1, 0.15) is 185 Å². The largest absolute Gasteiger partial charge is 0.508 e. The quantitative estimate of drug-likeness (QED) is 0.0327. The van der Waals surface area contributed by atoms with E-state index in [1.54, 1.807) is 32.9 Å². The Labute approximate surface area is 706 Å². The van der Waals surface area contributed by atoms with E-state index in [0.29, 0.717) is 16.7 Å². The number of aliphatic hydroxyl groups excluding tert-OH is 15. The fourth-order valence-electron chi connectivity index (χ4n) is 9.36. The van der Waals surface area contributed by atoms with E-state index in [1.807, 2.05) is 13.8 Å². The van der Waals surface area contributed by atoms with Crippen molar-refractivity contribution in [3.63, 3.8) is 0 Å². The summed E-state index contributed by atoms with van der Waals surface area (Å²) in [5, 5.41) is 179. The van der Waals surface area contributed by atoms with Crippen molar-refractivity contribution in [2.24, 2.45) is 23.3 Å². The molecule has 5 aromatic rings. The van der Waals surface area contributed by atoms with Gasteiger partial charge in [0.15, 0.2) is 17.3 Å². The van der Waals surface area contributed by atoms with Gasteiger partial charge >= 0.3 is 5.97 Å². The standard InChI is InChI=1S/C59H69N5O15.3C3H6.14CH4O.4H2O/c1-29(2)19-45(60)58(77)62-52(33(6)36-11-17-46(68)31(4)22-36)48(70)25-39(26-51(61)73)56(75)63-53(35-9-15-41(66)16-10-35)49(71)27-43(34-7-13-40(65)14-8-34)57(76)64-54(55(74)37-12-18-47(69)32(5)23-37)50(72)28-44(59(78)79)38-20-30(3)21-42(67)24-38;3*1-2-3-1;14*1-2;;;;/h7-18,20-24,29,33,39,43-45,52-55,65-69,74H,19,25-28,60H2,1-6H3,(H2,61,73)(H,62,77)(H,63,75)(H,64,76)(H,78,79);3*1-3H2;14*2H,1H3;4*1H2. The summed E-state index contributed by atoms with van der Waals surface area (Å²) in [6.07, 6.45) is 8.83. The number of phenols is 5. The van der Waals surface area contributed by atoms with Crippen LogP contribution in [0.5, 0.6) is 28.7 Å². The number of Topliss-reactive ketones (excluding diaryl/α,β-unsaturated/α-hetero) is 3. The van der Waals surface area contributed by atoms with Gasteiger partial charge in [-0.15, -0.1) is 0 Å². The van der Waals surface area contributed by atoms with Crippen LogP contribution in [0.2, 0.25) is 0 Å². The molecule has 3 fully saturated rings. The van der Waals surface area contributed by atoms with Gasteiger partial charge in [-0.1, -0.05) is 127 Å². The third-order valence-electron chi connectivity index (χ3n) is 14.8. The number of carbonyl (C=O) groups excluding carboxylic acids is 7. The molecule has 38 nitrogen and oxygen atoms in total. The number of carboxylic acids is 1. The number of hydrogen-bond acceptors (Lipinski definition) is 29. The molecule has 38 heteroatoms. The molecular formula is C82H151N5O33. The summed E-state index contributed by atoms with van der Waals surface area (Å²) in [7, 11) is 14.0. The third-order valence-corrected chi connectivity index (χ3v) is 14.8. The molecule has 5 aromatic carbocycles. The van der Waals surface area contributed by atoms with Crippen molar-refractivity contribution in [3.05, 3.63) is 148 Å². The minimum absolute atomic E-state index is 0. The summed E-state index contributed by atoms with van der Waals surface area (Å²) < 4.78 is 0. The average molecular weight is 1740 g/mol. The molecule has 8 rings (SSSR count). The van der Waals surface area contributed by atoms with E-state index in [9.17, 15) is 74.1 Å². The molecular weight excluding hydrogens is 1580 g/mol. The molecule has 0 aromatic heterocycles. The zero-order valence-electron chi connectivity index (χ0n) is 73.3.